The zero-order valence-corrected chi connectivity index (χ0v) is 17.7. The van der Waals surface area contributed by atoms with E-state index in [0.717, 1.165) is 42.9 Å². The molecule has 6 heteroatoms. The fraction of sp³-hybridized carbons (Fsp3) is 0.375. The minimum atomic E-state index is -0.167. The minimum Gasteiger partial charge on any atom is -0.363 e. The first-order valence-electron chi connectivity index (χ1n) is 10.7. The first-order chi connectivity index (χ1) is 14.6. The number of aryl methyl sites for hydroxylation is 1. The maximum Gasteiger partial charge on any atom is 0.277 e. The molecule has 30 heavy (non-hydrogen) atoms. The zero-order valence-electron chi connectivity index (χ0n) is 17.7. The van der Waals surface area contributed by atoms with Crippen molar-refractivity contribution in [2.24, 2.45) is 0 Å². The Kier molecular flexibility index (Phi) is 5.84. The Bertz CT molecular complexity index is 945. The van der Waals surface area contributed by atoms with Crippen molar-refractivity contribution in [3.05, 3.63) is 65.5 Å². The van der Waals surface area contributed by atoms with Crippen LogP contribution in [0.15, 0.2) is 54.4 Å². The summed E-state index contributed by atoms with van der Waals surface area (Å²) < 4.78 is 0. The normalized spacial score (nSPS) is 17.3. The Morgan fingerprint density at radius 1 is 0.900 bits per heavy atom. The second-order valence-corrected chi connectivity index (χ2v) is 7.87. The molecular formula is C24H28N4O2. The summed E-state index contributed by atoms with van der Waals surface area (Å²) in [7, 11) is 0. The van der Waals surface area contributed by atoms with E-state index in [1.165, 1.54) is 4.90 Å². The fourth-order valence-corrected chi connectivity index (χ4v) is 4.06. The summed E-state index contributed by atoms with van der Waals surface area (Å²) in [4.78, 5) is 36.7. The summed E-state index contributed by atoms with van der Waals surface area (Å²) in [6.45, 7) is 7.45. The van der Waals surface area contributed by atoms with Crippen molar-refractivity contribution in [1.82, 2.24) is 14.8 Å². The Morgan fingerprint density at radius 2 is 1.60 bits per heavy atom. The van der Waals surface area contributed by atoms with Crippen LogP contribution in [-0.2, 0) is 9.59 Å². The van der Waals surface area contributed by atoms with Gasteiger partial charge < -0.3 is 9.80 Å². The number of rotatable bonds is 6. The molecule has 0 unspecified atom stereocenters. The summed E-state index contributed by atoms with van der Waals surface area (Å²) in [5, 5.41) is 0. The van der Waals surface area contributed by atoms with Crippen LogP contribution in [0.1, 0.15) is 30.9 Å². The van der Waals surface area contributed by atoms with Crippen molar-refractivity contribution >= 4 is 23.2 Å². The number of unbranched alkanes of at least 4 members (excludes halogenated alkanes) is 1. The van der Waals surface area contributed by atoms with Crippen LogP contribution in [0.5, 0.6) is 0 Å². The standard InChI is InChI=1S/C24H28N4O2/c1-3-4-13-28-23(29)21(19-10-8-18(2)9-11-19)22(24(28)30)27-16-14-26(15-17-27)20-7-5-6-12-25-20/h5-12H,3-4,13-17H2,1-2H3. The van der Waals surface area contributed by atoms with Gasteiger partial charge in [-0.25, -0.2) is 4.98 Å². The first kappa shape index (κ1) is 20.1. The fourth-order valence-electron chi connectivity index (χ4n) is 4.06. The molecule has 0 atom stereocenters. The predicted molar refractivity (Wildman–Crippen MR) is 118 cm³/mol. The molecule has 1 saturated heterocycles. The quantitative estimate of drug-likeness (QED) is 0.693. The summed E-state index contributed by atoms with van der Waals surface area (Å²) in [6.07, 6.45) is 3.55. The number of aromatic nitrogens is 1. The van der Waals surface area contributed by atoms with Crippen molar-refractivity contribution in [2.45, 2.75) is 26.7 Å². The number of amides is 2. The number of carbonyl (C=O) groups is 2. The van der Waals surface area contributed by atoms with E-state index >= 15 is 0 Å². The number of carbonyl (C=O) groups excluding carboxylic acids is 2. The van der Waals surface area contributed by atoms with Crippen LogP contribution >= 0.6 is 0 Å². The van der Waals surface area contributed by atoms with Gasteiger partial charge in [0.1, 0.15) is 11.5 Å². The molecule has 0 bridgehead atoms. The molecule has 0 N–H and O–H groups in total. The molecule has 4 rings (SSSR count). The van der Waals surface area contributed by atoms with Gasteiger partial charge in [-0.05, 0) is 31.0 Å². The van der Waals surface area contributed by atoms with E-state index in [-0.39, 0.29) is 11.8 Å². The average Bonchev–Trinajstić information content (AvgIpc) is 3.03. The molecule has 0 saturated carbocycles. The molecule has 0 radical (unpaired) electrons. The number of hydrogen-bond donors (Lipinski definition) is 0. The molecular weight excluding hydrogens is 376 g/mol. The summed E-state index contributed by atoms with van der Waals surface area (Å²) in [5.74, 6) is 0.623. The highest BCUT2D eigenvalue weighted by Gasteiger charge is 2.41. The lowest BCUT2D eigenvalue weighted by Crippen LogP contribution is -2.48. The van der Waals surface area contributed by atoms with Gasteiger partial charge in [-0.2, -0.15) is 0 Å². The first-order valence-corrected chi connectivity index (χ1v) is 10.7. The van der Waals surface area contributed by atoms with Gasteiger partial charge in [-0.1, -0.05) is 49.2 Å². The van der Waals surface area contributed by atoms with Gasteiger partial charge in [-0.15, -0.1) is 0 Å². The van der Waals surface area contributed by atoms with Crippen LogP contribution in [0, 0.1) is 6.92 Å². The van der Waals surface area contributed by atoms with Gasteiger partial charge in [0.25, 0.3) is 11.8 Å². The highest BCUT2D eigenvalue weighted by molar-refractivity contribution is 6.35. The number of pyridine rings is 1. The number of anilines is 1. The molecule has 156 valence electrons. The molecule has 3 heterocycles. The molecule has 1 aromatic carbocycles. The Morgan fingerprint density at radius 3 is 2.23 bits per heavy atom. The van der Waals surface area contributed by atoms with Crippen molar-refractivity contribution in [2.75, 3.05) is 37.6 Å². The van der Waals surface area contributed by atoms with E-state index in [4.69, 9.17) is 0 Å². The zero-order chi connectivity index (χ0) is 21.1. The van der Waals surface area contributed by atoms with Gasteiger partial charge in [0.05, 0.1) is 5.57 Å². The third-order valence-corrected chi connectivity index (χ3v) is 5.79. The maximum atomic E-state index is 13.3. The smallest absolute Gasteiger partial charge is 0.277 e. The number of nitrogens with zero attached hydrogens (tertiary/aromatic N) is 4. The van der Waals surface area contributed by atoms with Gasteiger partial charge in [0.2, 0.25) is 0 Å². The monoisotopic (exact) mass is 404 g/mol. The Balaban J connectivity index is 1.62. The second kappa shape index (κ2) is 8.69. The van der Waals surface area contributed by atoms with E-state index in [1.54, 1.807) is 6.20 Å². The number of hydrogen-bond acceptors (Lipinski definition) is 5. The molecule has 6 nitrogen and oxygen atoms in total. The van der Waals surface area contributed by atoms with Crippen LogP contribution in [0.4, 0.5) is 5.82 Å². The van der Waals surface area contributed by atoms with Crippen LogP contribution in [0.25, 0.3) is 5.57 Å². The largest absolute Gasteiger partial charge is 0.363 e. The minimum absolute atomic E-state index is 0.157. The molecule has 1 fully saturated rings. The lowest BCUT2D eigenvalue weighted by molar-refractivity contribution is -0.137. The maximum absolute atomic E-state index is 13.3. The number of benzene rings is 1. The van der Waals surface area contributed by atoms with Crippen molar-refractivity contribution in [3.63, 3.8) is 0 Å². The molecule has 0 spiro atoms. The molecule has 2 aliphatic rings. The van der Waals surface area contributed by atoms with Gasteiger partial charge in [0, 0.05) is 38.9 Å². The number of piperazine rings is 1. The van der Waals surface area contributed by atoms with E-state index in [2.05, 4.69) is 21.7 Å². The summed E-state index contributed by atoms with van der Waals surface area (Å²) in [5.41, 5.74) is 3.05. The van der Waals surface area contributed by atoms with E-state index in [0.29, 0.717) is 30.9 Å². The molecule has 2 amide bonds. The van der Waals surface area contributed by atoms with E-state index < -0.39 is 0 Å². The van der Waals surface area contributed by atoms with Gasteiger partial charge in [0.15, 0.2) is 0 Å². The molecule has 2 aromatic rings. The van der Waals surface area contributed by atoms with Crippen LogP contribution in [0.2, 0.25) is 0 Å². The predicted octanol–water partition coefficient (Wildman–Crippen LogP) is 3.09. The second-order valence-electron chi connectivity index (χ2n) is 7.87. The lowest BCUT2D eigenvalue weighted by Gasteiger charge is -2.37. The Hall–Kier alpha value is -3.15. The summed E-state index contributed by atoms with van der Waals surface area (Å²) >= 11 is 0. The molecule has 0 aliphatic carbocycles. The average molecular weight is 405 g/mol. The highest BCUT2D eigenvalue weighted by Crippen LogP contribution is 2.32. The molecule has 2 aliphatic heterocycles. The highest BCUT2D eigenvalue weighted by atomic mass is 16.2. The lowest BCUT2D eigenvalue weighted by atomic mass is 10.0. The third kappa shape index (κ3) is 3.82. The van der Waals surface area contributed by atoms with Crippen LogP contribution in [-0.4, -0.2) is 59.3 Å². The molecule has 1 aromatic heterocycles. The van der Waals surface area contributed by atoms with Crippen LogP contribution in [0.3, 0.4) is 0 Å². The Labute approximate surface area is 177 Å². The van der Waals surface area contributed by atoms with Gasteiger partial charge >= 0.3 is 0 Å². The number of imide groups is 1. The van der Waals surface area contributed by atoms with E-state index in [1.807, 2.05) is 49.4 Å². The van der Waals surface area contributed by atoms with Crippen molar-refractivity contribution in [1.29, 1.82) is 0 Å². The van der Waals surface area contributed by atoms with Crippen molar-refractivity contribution in [3.8, 4) is 0 Å². The third-order valence-electron chi connectivity index (χ3n) is 5.79. The summed E-state index contributed by atoms with van der Waals surface area (Å²) in [6, 6.07) is 13.8. The van der Waals surface area contributed by atoms with Crippen molar-refractivity contribution < 1.29 is 9.59 Å². The van der Waals surface area contributed by atoms with Gasteiger partial charge in [-0.3, -0.25) is 14.5 Å². The van der Waals surface area contributed by atoms with Crippen LogP contribution < -0.4 is 4.90 Å². The van der Waals surface area contributed by atoms with E-state index in [9.17, 15) is 9.59 Å². The topological polar surface area (TPSA) is 56.8 Å². The SMILES string of the molecule is CCCCN1C(=O)C(c2ccc(C)cc2)=C(N2CCN(c3ccccn3)CC2)C1=O.